The van der Waals surface area contributed by atoms with Gasteiger partial charge in [-0.05, 0) is 23.5 Å². The first-order valence-electron chi connectivity index (χ1n) is 9.46. The molecule has 7 nitrogen and oxygen atoms in total. The summed E-state index contributed by atoms with van der Waals surface area (Å²) in [5.74, 6) is -0.700. The quantitative estimate of drug-likeness (QED) is 0.534. The van der Waals surface area contributed by atoms with E-state index < -0.39 is 23.9 Å². The van der Waals surface area contributed by atoms with Crippen molar-refractivity contribution in [3.05, 3.63) is 23.5 Å². The number of aliphatic hydroxyl groups excluding tert-OH is 1. The van der Waals surface area contributed by atoms with Gasteiger partial charge in [0.05, 0.1) is 18.8 Å². The molecular weight excluding hydrogens is 352 g/mol. The summed E-state index contributed by atoms with van der Waals surface area (Å²) >= 11 is 0. The van der Waals surface area contributed by atoms with Crippen molar-refractivity contribution in [1.29, 1.82) is 0 Å². The van der Waals surface area contributed by atoms with Crippen molar-refractivity contribution >= 4 is 11.9 Å². The molecule has 27 heavy (non-hydrogen) atoms. The van der Waals surface area contributed by atoms with Crippen LogP contribution in [0.1, 0.15) is 40.5 Å². The van der Waals surface area contributed by atoms with Gasteiger partial charge in [-0.3, -0.25) is 9.59 Å². The molecule has 0 radical (unpaired) electrons. The van der Waals surface area contributed by atoms with Crippen molar-refractivity contribution in [1.82, 2.24) is 0 Å². The fourth-order valence-corrected chi connectivity index (χ4v) is 3.55. The lowest BCUT2D eigenvalue weighted by Crippen LogP contribution is -2.43. The second-order valence-electron chi connectivity index (χ2n) is 8.28. The number of hydrogen-bond donors (Lipinski definition) is 1. The van der Waals surface area contributed by atoms with Gasteiger partial charge in [0.15, 0.2) is 0 Å². The van der Waals surface area contributed by atoms with E-state index >= 15 is 0 Å². The van der Waals surface area contributed by atoms with E-state index in [-0.39, 0.29) is 36.8 Å². The normalized spacial score (nSPS) is 31.3. The van der Waals surface area contributed by atoms with E-state index in [1.165, 1.54) is 6.26 Å². The van der Waals surface area contributed by atoms with Crippen molar-refractivity contribution in [2.75, 3.05) is 13.2 Å². The molecule has 3 rings (SSSR count). The highest BCUT2D eigenvalue weighted by Crippen LogP contribution is 2.53. The summed E-state index contributed by atoms with van der Waals surface area (Å²) in [7, 11) is 0. The number of carbonyl (C=O) groups excluding carboxylic acids is 2. The molecule has 0 aromatic carbocycles. The number of aliphatic hydroxyl groups is 1. The van der Waals surface area contributed by atoms with Crippen LogP contribution in [0.2, 0.25) is 0 Å². The van der Waals surface area contributed by atoms with Crippen LogP contribution >= 0.6 is 0 Å². The molecular formula is C20H28O7. The van der Waals surface area contributed by atoms with Crippen LogP contribution < -0.4 is 0 Å². The molecule has 0 bridgehead atoms. The molecule has 1 fully saturated rings. The zero-order valence-electron chi connectivity index (χ0n) is 16.3. The van der Waals surface area contributed by atoms with Crippen molar-refractivity contribution in [2.24, 2.45) is 17.8 Å². The standard InChI is InChI=1S/C20H28O7/c1-11(2)5-16(22)24-8-13-9-25-19(27-17(23)6-12(3)4)18-14(13)7-15(21)20(18)10-26-20/h7,9,11-12,15,18-19,21H,5-6,8,10H2,1-4H3/t15-,18+,19-,20+/m0/s1. The zero-order valence-corrected chi connectivity index (χ0v) is 16.3. The van der Waals surface area contributed by atoms with Crippen LogP contribution in [0, 0.1) is 17.8 Å². The third kappa shape index (κ3) is 4.19. The van der Waals surface area contributed by atoms with Gasteiger partial charge < -0.3 is 24.1 Å². The summed E-state index contributed by atoms with van der Waals surface area (Å²) < 4.78 is 22.1. The van der Waals surface area contributed by atoms with E-state index in [2.05, 4.69) is 0 Å². The number of fused-ring (bicyclic) bond motifs is 2. The summed E-state index contributed by atoms with van der Waals surface area (Å²) in [6, 6.07) is 0. The van der Waals surface area contributed by atoms with Gasteiger partial charge in [0.25, 0.3) is 6.29 Å². The van der Waals surface area contributed by atoms with Gasteiger partial charge >= 0.3 is 11.9 Å². The molecule has 3 aliphatic rings. The van der Waals surface area contributed by atoms with E-state index in [9.17, 15) is 14.7 Å². The highest BCUT2D eigenvalue weighted by atomic mass is 16.7. The molecule has 2 aliphatic heterocycles. The summed E-state index contributed by atoms with van der Waals surface area (Å²) in [4.78, 5) is 24.0. The Bertz CT molecular complexity index is 657. The lowest BCUT2D eigenvalue weighted by Gasteiger charge is -2.33. The molecule has 150 valence electrons. The highest BCUT2D eigenvalue weighted by molar-refractivity contribution is 5.70. The van der Waals surface area contributed by atoms with E-state index in [4.69, 9.17) is 18.9 Å². The second kappa shape index (κ2) is 7.64. The Morgan fingerprint density at radius 3 is 2.44 bits per heavy atom. The van der Waals surface area contributed by atoms with Crippen LogP contribution in [0.25, 0.3) is 0 Å². The Hall–Kier alpha value is -1.86. The molecule has 1 spiro atoms. The number of epoxide rings is 1. The van der Waals surface area contributed by atoms with E-state index in [1.54, 1.807) is 6.08 Å². The summed E-state index contributed by atoms with van der Waals surface area (Å²) in [6.45, 7) is 8.16. The molecule has 0 aromatic rings. The Morgan fingerprint density at radius 2 is 1.85 bits per heavy atom. The van der Waals surface area contributed by atoms with Gasteiger partial charge in [-0.25, -0.2) is 0 Å². The predicted molar refractivity (Wildman–Crippen MR) is 95.2 cm³/mol. The summed E-state index contributed by atoms with van der Waals surface area (Å²) in [5.41, 5.74) is 0.588. The SMILES string of the molecule is CC(C)CC(=O)OCC1=CO[C@@H](OC(=O)CC(C)C)[C@H]2C1=C[C@H](O)[C@]21CO1. The van der Waals surface area contributed by atoms with E-state index in [0.29, 0.717) is 18.6 Å². The van der Waals surface area contributed by atoms with Crippen LogP contribution in [-0.2, 0) is 28.5 Å². The largest absolute Gasteiger partial charge is 0.461 e. The fraction of sp³-hybridized carbons (Fsp3) is 0.700. The topological polar surface area (TPSA) is 94.6 Å². The zero-order chi connectivity index (χ0) is 19.8. The Morgan fingerprint density at radius 1 is 1.22 bits per heavy atom. The molecule has 0 aromatic heterocycles. The van der Waals surface area contributed by atoms with Crippen molar-refractivity contribution in [3.8, 4) is 0 Å². The monoisotopic (exact) mass is 380 g/mol. The number of ether oxygens (including phenoxy) is 4. The smallest absolute Gasteiger partial charge is 0.309 e. The van der Waals surface area contributed by atoms with Crippen molar-refractivity contribution in [2.45, 2.75) is 58.5 Å². The lowest BCUT2D eigenvalue weighted by molar-refractivity contribution is -0.184. The molecule has 1 aliphatic carbocycles. The maximum Gasteiger partial charge on any atom is 0.309 e. The molecule has 1 N–H and O–H groups in total. The number of carbonyl (C=O) groups is 2. The van der Waals surface area contributed by atoms with Gasteiger partial charge in [-0.15, -0.1) is 0 Å². The third-order valence-electron chi connectivity index (χ3n) is 4.95. The van der Waals surface area contributed by atoms with Crippen molar-refractivity contribution in [3.63, 3.8) is 0 Å². The van der Waals surface area contributed by atoms with Crippen molar-refractivity contribution < 1.29 is 33.6 Å². The minimum atomic E-state index is -0.864. The Kier molecular flexibility index (Phi) is 5.63. The van der Waals surface area contributed by atoms with Crippen LogP contribution in [0.5, 0.6) is 0 Å². The van der Waals surface area contributed by atoms with Gasteiger partial charge in [-0.1, -0.05) is 27.7 Å². The van der Waals surface area contributed by atoms with E-state index in [1.807, 2.05) is 27.7 Å². The second-order valence-corrected chi connectivity index (χ2v) is 8.28. The molecule has 1 saturated heterocycles. The molecule has 0 saturated carbocycles. The van der Waals surface area contributed by atoms with Gasteiger partial charge in [-0.2, -0.15) is 0 Å². The lowest BCUT2D eigenvalue weighted by atomic mass is 9.85. The fourth-order valence-electron chi connectivity index (χ4n) is 3.55. The third-order valence-corrected chi connectivity index (χ3v) is 4.95. The Labute approximate surface area is 159 Å². The highest BCUT2D eigenvalue weighted by Gasteiger charge is 2.66. The summed E-state index contributed by atoms with van der Waals surface area (Å²) in [6.07, 6.45) is 2.07. The van der Waals surface area contributed by atoms with Gasteiger partial charge in [0.2, 0.25) is 0 Å². The Balaban J connectivity index is 1.72. The van der Waals surface area contributed by atoms with Gasteiger partial charge in [0.1, 0.15) is 18.3 Å². The molecule has 2 heterocycles. The molecule has 4 atom stereocenters. The van der Waals surface area contributed by atoms with Crippen LogP contribution in [-0.4, -0.2) is 48.3 Å². The van der Waals surface area contributed by atoms with Crippen LogP contribution in [0.3, 0.4) is 0 Å². The molecule has 0 unspecified atom stereocenters. The minimum absolute atomic E-state index is 0.0450. The average Bonchev–Trinajstić information content (AvgIpc) is 3.28. The maximum atomic E-state index is 12.1. The van der Waals surface area contributed by atoms with Crippen LogP contribution in [0.15, 0.2) is 23.5 Å². The summed E-state index contributed by atoms with van der Waals surface area (Å²) in [5, 5.41) is 10.4. The van der Waals surface area contributed by atoms with Gasteiger partial charge in [0, 0.05) is 18.4 Å². The predicted octanol–water partition coefficient (Wildman–Crippen LogP) is 2.09. The number of rotatable bonds is 7. The van der Waals surface area contributed by atoms with E-state index in [0.717, 1.165) is 5.57 Å². The first kappa shape index (κ1) is 19.9. The number of esters is 2. The minimum Gasteiger partial charge on any atom is -0.461 e. The average molecular weight is 380 g/mol. The maximum absolute atomic E-state index is 12.1. The first-order chi connectivity index (χ1) is 12.7. The first-order valence-corrected chi connectivity index (χ1v) is 9.46. The number of hydrogen-bond acceptors (Lipinski definition) is 7. The van der Waals surface area contributed by atoms with Crippen LogP contribution in [0.4, 0.5) is 0 Å². The molecule has 7 heteroatoms. The molecule has 0 amide bonds.